The first-order valence-corrected chi connectivity index (χ1v) is 5.34. The maximum absolute atomic E-state index is 11.7. The molecule has 2 rings (SSSR count). The Morgan fingerprint density at radius 2 is 2.44 bits per heavy atom. The lowest BCUT2D eigenvalue weighted by Crippen LogP contribution is -2.31. The van der Waals surface area contributed by atoms with Crippen LogP contribution in [0.15, 0.2) is 11.0 Å². The molecular formula is C10H15N3O3. The Hall–Kier alpha value is -1.40. The summed E-state index contributed by atoms with van der Waals surface area (Å²) in [5.41, 5.74) is 2.20. The van der Waals surface area contributed by atoms with Crippen LogP contribution in [-0.4, -0.2) is 21.4 Å². The monoisotopic (exact) mass is 225 g/mol. The van der Waals surface area contributed by atoms with Crippen LogP contribution in [0.25, 0.3) is 0 Å². The van der Waals surface area contributed by atoms with Crippen LogP contribution in [0.4, 0.5) is 5.82 Å². The lowest BCUT2D eigenvalue weighted by Gasteiger charge is -2.24. The predicted molar refractivity (Wildman–Crippen MR) is 57.5 cm³/mol. The van der Waals surface area contributed by atoms with Crippen LogP contribution in [0, 0.1) is 6.92 Å². The van der Waals surface area contributed by atoms with Gasteiger partial charge in [-0.1, -0.05) is 0 Å². The van der Waals surface area contributed by atoms with Gasteiger partial charge in [-0.3, -0.25) is 15.3 Å². The minimum atomic E-state index is -0.408. The van der Waals surface area contributed by atoms with Gasteiger partial charge in [0.25, 0.3) is 0 Å². The van der Waals surface area contributed by atoms with Gasteiger partial charge in [-0.05, 0) is 26.2 Å². The molecule has 0 unspecified atom stereocenters. The summed E-state index contributed by atoms with van der Waals surface area (Å²) in [6.07, 6.45) is 4.35. The first-order chi connectivity index (χ1) is 7.72. The number of ether oxygens (including phenoxy) is 1. The maximum Gasteiger partial charge on any atom is 0.351 e. The highest BCUT2D eigenvalue weighted by Gasteiger charge is 2.18. The zero-order valence-corrected chi connectivity index (χ0v) is 9.14. The molecule has 1 atom stereocenters. The van der Waals surface area contributed by atoms with E-state index in [4.69, 9.17) is 9.94 Å². The van der Waals surface area contributed by atoms with Crippen LogP contribution < -0.4 is 11.2 Å². The Labute approximate surface area is 92.8 Å². The van der Waals surface area contributed by atoms with Crippen LogP contribution in [0.3, 0.4) is 0 Å². The molecule has 88 valence electrons. The molecule has 0 aliphatic carbocycles. The number of hydrogen-bond donors (Lipinski definition) is 2. The van der Waals surface area contributed by atoms with Gasteiger partial charge in [0.2, 0.25) is 0 Å². The Kier molecular flexibility index (Phi) is 3.21. The second kappa shape index (κ2) is 4.63. The van der Waals surface area contributed by atoms with E-state index in [1.165, 1.54) is 4.57 Å². The largest absolute Gasteiger partial charge is 0.358 e. The highest BCUT2D eigenvalue weighted by molar-refractivity contribution is 5.38. The third-order valence-electron chi connectivity index (χ3n) is 2.71. The molecule has 2 N–H and O–H groups in total. The molecule has 1 aromatic heterocycles. The van der Waals surface area contributed by atoms with Crippen LogP contribution in [0.1, 0.15) is 31.1 Å². The molecule has 6 nitrogen and oxygen atoms in total. The van der Waals surface area contributed by atoms with Gasteiger partial charge in [0, 0.05) is 18.4 Å². The summed E-state index contributed by atoms with van der Waals surface area (Å²) in [7, 11) is 0. The second-order valence-electron chi connectivity index (χ2n) is 3.90. The Balaban J connectivity index is 2.33. The minimum Gasteiger partial charge on any atom is -0.358 e. The molecule has 1 aliphatic heterocycles. The van der Waals surface area contributed by atoms with E-state index in [1.54, 1.807) is 13.1 Å². The molecule has 0 saturated carbocycles. The molecule has 1 aromatic rings. The third kappa shape index (κ3) is 2.07. The molecule has 0 bridgehead atoms. The van der Waals surface area contributed by atoms with Gasteiger partial charge in [0.1, 0.15) is 6.23 Å². The summed E-state index contributed by atoms with van der Waals surface area (Å²) in [5.74, 6) is 0.192. The molecule has 1 aliphatic rings. The van der Waals surface area contributed by atoms with E-state index >= 15 is 0 Å². The molecular weight excluding hydrogens is 210 g/mol. The van der Waals surface area contributed by atoms with E-state index in [0.29, 0.717) is 12.2 Å². The third-order valence-corrected chi connectivity index (χ3v) is 2.71. The molecule has 1 fully saturated rings. The van der Waals surface area contributed by atoms with E-state index in [1.807, 2.05) is 5.48 Å². The molecule has 0 aromatic carbocycles. The van der Waals surface area contributed by atoms with E-state index in [0.717, 1.165) is 19.3 Å². The fourth-order valence-corrected chi connectivity index (χ4v) is 1.83. The van der Waals surface area contributed by atoms with Crippen LogP contribution in [0.5, 0.6) is 0 Å². The Morgan fingerprint density at radius 1 is 1.62 bits per heavy atom. The highest BCUT2D eigenvalue weighted by atomic mass is 16.5. The molecule has 0 radical (unpaired) electrons. The Bertz CT molecular complexity index is 424. The van der Waals surface area contributed by atoms with Crippen molar-refractivity contribution in [3.05, 3.63) is 22.2 Å². The van der Waals surface area contributed by atoms with Crippen molar-refractivity contribution in [2.24, 2.45) is 0 Å². The van der Waals surface area contributed by atoms with Crippen molar-refractivity contribution in [1.29, 1.82) is 0 Å². The molecule has 0 amide bonds. The lowest BCUT2D eigenvalue weighted by molar-refractivity contribution is -0.0349. The molecule has 16 heavy (non-hydrogen) atoms. The van der Waals surface area contributed by atoms with Gasteiger partial charge in [-0.25, -0.2) is 4.79 Å². The summed E-state index contributed by atoms with van der Waals surface area (Å²) in [5, 5.41) is 8.75. The average molecular weight is 225 g/mol. The summed E-state index contributed by atoms with van der Waals surface area (Å²) >= 11 is 0. The van der Waals surface area contributed by atoms with E-state index in [-0.39, 0.29) is 12.0 Å². The number of nitrogens with one attached hydrogen (secondary N) is 1. The van der Waals surface area contributed by atoms with Crippen molar-refractivity contribution in [3.63, 3.8) is 0 Å². The number of nitrogens with zero attached hydrogens (tertiary/aromatic N) is 2. The zero-order valence-electron chi connectivity index (χ0n) is 9.14. The summed E-state index contributed by atoms with van der Waals surface area (Å²) in [6, 6.07) is 0. The number of rotatable bonds is 2. The van der Waals surface area contributed by atoms with Gasteiger partial charge < -0.3 is 4.74 Å². The minimum absolute atomic E-state index is 0.192. The van der Waals surface area contributed by atoms with Crippen LogP contribution in [0.2, 0.25) is 0 Å². The van der Waals surface area contributed by atoms with Crippen LogP contribution >= 0.6 is 0 Å². The normalized spacial score (nSPS) is 20.8. The molecule has 0 spiro atoms. The number of aromatic nitrogens is 2. The summed E-state index contributed by atoms with van der Waals surface area (Å²) in [4.78, 5) is 15.4. The topological polar surface area (TPSA) is 76.4 Å². The number of aryl methyl sites for hydroxylation is 1. The average Bonchev–Trinajstić information content (AvgIpc) is 2.32. The first-order valence-electron chi connectivity index (χ1n) is 5.34. The van der Waals surface area contributed by atoms with Crippen LogP contribution in [-0.2, 0) is 4.74 Å². The second-order valence-corrected chi connectivity index (χ2v) is 3.90. The lowest BCUT2D eigenvalue weighted by atomic mass is 10.2. The van der Waals surface area contributed by atoms with Gasteiger partial charge in [-0.2, -0.15) is 4.98 Å². The summed E-state index contributed by atoms with van der Waals surface area (Å²) < 4.78 is 6.99. The maximum atomic E-state index is 11.7. The van der Waals surface area contributed by atoms with Gasteiger partial charge in [-0.15, -0.1) is 0 Å². The Morgan fingerprint density at radius 3 is 3.06 bits per heavy atom. The number of hydrogen-bond acceptors (Lipinski definition) is 5. The highest BCUT2D eigenvalue weighted by Crippen LogP contribution is 2.21. The quantitative estimate of drug-likeness (QED) is 0.736. The van der Waals surface area contributed by atoms with E-state index in [9.17, 15) is 4.79 Å². The fourth-order valence-electron chi connectivity index (χ4n) is 1.83. The summed E-state index contributed by atoms with van der Waals surface area (Å²) in [6.45, 7) is 2.44. The van der Waals surface area contributed by atoms with Gasteiger partial charge in [0.05, 0.1) is 0 Å². The zero-order chi connectivity index (χ0) is 11.5. The van der Waals surface area contributed by atoms with E-state index in [2.05, 4.69) is 4.98 Å². The van der Waals surface area contributed by atoms with Crippen molar-refractivity contribution in [3.8, 4) is 0 Å². The number of anilines is 1. The molecule has 2 heterocycles. The molecule has 1 saturated heterocycles. The smallest absolute Gasteiger partial charge is 0.351 e. The van der Waals surface area contributed by atoms with Crippen molar-refractivity contribution in [2.75, 3.05) is 12.1 Å². The van der Waals surface area contributed by atoms with E-state index < -0.39 is 5.69 Å². The molecule has 6 heteroatoms. The fraction of sp³-hybridized carbons (Fsp3) is 0.600. The van der Waals surface area contributed by atoms with Crippen molar-refractivity contribution < 1.29 is 9.94 Å². The standard InChI is InChI=1S/C10H15N3O3/c1-7-6-13(8-4-2-3-5-16-8)10(14)11-9(7)12-15/h6,8,15H,2-5H2,1H3,(H,11,12,14)/t8-/m0/s1. The predicted octanol–water partition coefficient (Wildman–Crippen LogP) is 1.05. The van der Waals surface area contributed by atoms with Gasteiger partial charge in [0.15, 0.2) is 5.82 Å². The van der Waals surface area contributed by atoms with Gasteiger partial charge >= 0.3 is 5.69 Å². The SMILES string of the molecule is Cc1cn([C@@H]2CCCCO2)c(=O)nc1NO. The first kappa shape index (κ1) is 11.1. The van der Waals surface area contributed by atoms with Crippen molar-refractivity contribution in [2.45, 2.75) is 32.4 Å². The van der Waals surface area contributed by atoms with Crippen molar-refractivity contribution in [1.82, 2.24) is 9.55 Å². The van der Waals surface area contributed by atoms with Crippen molar-refractivity contribution >= 4 is 5.82 Å².